The van der Waals surface area contributed by atoms with E-state index in [9.17, 15) is 14.7 Å². The van der Waals surface area contributed by atoms with Gasteiger partial charge in [-0.15, -0.1) is 10.2 Å². The summed E-state index contributed by atoms with van der Waals surface area (Å²) in [7, 11) is 1.46. The molecule has 8 heteroatoms. The van der Waals surface area contributed by atoms with Gasteiger partial charge in [0.15, 0.2) is 5.75 Å². The number of ether oxygens (including phenoxy) is 1. The normalized spacial score (nSPS) is 10.9. The van der Waals surface area contributed by atoms with E-state index in [1.165, 1.54) is 19.2 Å². The lowest BCUT2D eigenvalue weighted by Crippen LogP contribution is -2.12. The van der Waals surface area contributed by atoms with Crippen molar-refractivity contribution < 1.29 is 19.4 Å². The molecule has 0 saturated carbocycles. The molecule has 164 valence electrons. The molecule has 0 aliphatic heterocycles. The quantitative estimate of drug-likeness (QED) is 0.351. The Morgan fingerprint density at radius 3 is 2.39 bits per heavy atom. The fraction of sp³-hybridized carbons (Fsp3) is 0.0400. The van der Waals surface area contributed by atoms with Crippen LogP contribution in [0.25, 0.3) is 10.8 Å². The number of fused-ring (bicyclic) bond motifs is 1. The van der Waals surface area contributed by atoms with Crippen molar-refractivity contribution in [2.75, 3.05) is 12.4 Å². The summed E-state index contributed by atoms with van der Waals surface area (Å²) in [4.78, 5) is 24.5. The van der Waals surface area contributed by atoms with Crippen molar-refractivity contribution >= 4 is 39.6 Å². The Balaban J connectivity index is 1.81. The topological polar surface area (TPSA) is 126 Å². The zero-order chi connectivity index (χ0) is 23.4. The van der Waals surface area contributed by atoms with Crippen LogP contribution in [0.1, 0.15) is 20.7 Å². The second-order valence-corrected chi connectivity index (χ2v) is 7.11. The summed E-state index contributed by atoms with van der Waals surface area (Å²) in [5.41, 5.74) is 6.58. The first-order chi connectivity index (χ1) is 16.0. The SMILES string of the molecule is COc1ccc(C(N)=O)cc1N=Nc1c(O)c(C(=O)Nc2ccccc2)cc2ccccc12. The number of nitrogens with one attached hydrogen (secondary N) is 1. The number of hydrogen-bond acceptors (Lipinski definition) is 6. The number of primary amides is 1. The summed E-state index contributed by atoms with van der Waals surface area (Å²) < 4.78 is 5.28. The van der Waals surface area contributed by atoms with E-state index >= 15 is 0 Å². The number of benzene rings is 4. The summed E-state index contributed by atoms with van der Waals surface area (Å²) in [6, 6.07) is 22.2. The van der Waals surface area contributed by atoms with Crippen LogP contribution in [0.15, 0.2) is 89.1 Å². The highest BCUT2D eigenvalue weighted by atomic mass is 16.5. The number of amides is 2. The van der Waals surface area contributed by atoms with Gasteiger partial charge in [-0.3, -0.25) is 9.59 Å². The Morgan fingerprint density at radius 2 is 1.67 bits per heavy atom. The van der Waals surface area contributed by atoms with Gasteiger partial charge in [-0.05, 0) is 41.8 Å². The average Bonchev–Trinajstić information content (AvgIpc) is 2.83. The van der Waals surface area contributed by atoms with Crippen LogP contribution in [0, 0.1) is 0 Å². The molecule has 33 heavy (non-hydrogen) atoms. The van der Waals surface area contributed by atoms with Crippen molar-refractivity contribution in [2.45, 2.75) is 0 Å². The number of azo groups is 1. The van der Waals surface area contributed by atoms with Crippen LogP contribution in [0.2, 0.25) is 0 Å². The summed E-state index contributed by atoms with van der Waals surface area (Å²) in [5.74, 6) is -1.07. The molecule has 4 rings (SSSR count). The van der Waals surface area contributed by atoms with E-state index < -0.39 is 11.8 Å². The zero-order valence-electron chi connectivity index (χ0n) is 17.6. The number of phenols is 1. The van der Waals surface area contributed by atoms with Crippen LogP contribution < -0.4 is 15.8 Å². The summed E-state index contributed by atoms with van der Waals surface area (Å²) in [5, 5.41) is 23.4. The molecule has 0 fully saturated rings. The van der Waals surface area contributed by atoms with Gasteiger partial charge in [0.25, 0.3) is 5.91 Å². The van der Waals surface area contributed by atoms with Crippen molar-refractivity contribution in [1.29, 1.82) is 0 Å². The second-order valence-electron chi connectivity index (χ2n) is 7.11. The van der Waals surface area contributed by atoms with Crippen LogP contribution >= 0.6 is 0 Å². The molecule has 0 spiro atoms. The van der Waals surface area contributed by atoms with Crippen molar-refractivity contribution in [3.63, 3.8) is 0 Å². The zero-order valence-corrected chi connectivity index (χ0v) is 17.6. The molecule has 0 heterocycles. The molecule has 4 aromatic rings. The lowest BCUT2D eigenvalue weighted by molar-refractivity contribution is 0.0997. The van der Waals surface area contributed by atoms with E-state index in [0.29, 0.717) is 22.2 Å². The smallest absolute Gasteiger partial charge is 0.259 e. The lowest BCUT2D eigenvalue weighted by atomic mass is 10.0. The summed E-state index contributed by atoms with van der Waals surface area (Å²) in [6.45, 7) is 0. The molecule has 0 unspecified atom stereocenters. The van der Waals surface area contributed by atoms with Gasteiger partial charge in [0.1, 0.15) is 17.1 Å². The highest BCUT2D eigenvalue weighted by Crippen LogP contribution is 2.40. The van der Waals surface area contributed by atoms with Gasteiger partial charge in [0.05, 0.1) is 12.7 Å². The highest BCUT2D eigenvalue weighted by molar-refractivity contribution is 6.11. The maximum Gasteiger partial charge on any atom is 0.259 e. The van der Waals surface area contributed by atoms with E-state index in [4.69, 9.17) is 10.5 Å². The van der Waals surface area contributed by atoms with Gasteiger partial charge in [0, 0.05) is 16.6 Å². The van der Waals surface area contributed by atoms with Gasteiger partial charge in [0.2, 0.25) is 5.91 Å². The fourth-order valence-electron chi connectivity index (χ4n) is 3.34. The minimum atomic E-state index is -0.623. The molecular weight excluding hydrogens is 420 g/mol. The van der Waals surface area contributed by atoms with Crippen LogP contribution in [0.4, 0.5) is 17.1 Å². The average molecular weight is 440 g/mol. The number of aromatic hydroxyl groups is 1. The van der Waals surface area contributed by atoms with Crippen LogP contribution in [0.3, 0.4) is 0 Å². The second kappa shape index (κ2) is 9.19. The molecule has 4 N–H and O–H groups in total. The Kier molecular flexibility index (Phi) is 5.99. The third kappa shape index (κ3) is 4.49. The number of phenolic OH excluding ortho intramolecular Hbond substituents is 1. The number of anilines is 1. The van der Waals surface area contributed by atoms with E-state index in [1.807, 2.05) is 12.1 Å². The molecule has 2 amide bonds. The summed E-state index contributed by atoms with van der Waals surface area (Å²) in [6.07, 6.45) is 0. The molecule has 0 aliphatic carbocycles. The monoisotopic (exact) mass is 440 g/mol. The summed E-state index contributed by atoms with van der Waals surface area (Å²) >= 11 is 0. The molecular formula is C25H20N4O4. The van der Waals surface area contributed by atoms with Gasteiger partial charge in [-0.2, -0.15) is 0 Å². The number of methoxy groups -OCH3 is 1. The molecule has 0 aliphatic rings. The molecule has 0 radical (unpaired) electrons. The Hall–Kier alpha value is -4.72. The minimum Gasteiger partial charge on any atom is -0.505 e. The van der Waals surface area contributed by atoms with Gasteiger partial charge >= 0.3 is 0 Å². The number of nitrogens with zero attached hydrogens (tertiary/aromatic N) is 2. The van der Waals surface area contributed by atoms with Gasteiger partial charge in [-0.25, -0.2) is 0 Å². The standard InChI is InChI=1S/C25H20N4O4/c1-33-21-12-11-16(24(26)31)14-20(21)28-29-22-18-10-6-5-7-15(18)13-19(23(22)30)25(32)27-17-8-3-2-4-9-17/h2-14,30H,1H3,(H2,26,31)(H,27,32). The van der Waals surface area contributed by atoms with Crippen molar-refractivity contribution in [1.82, 2.24) is 0 Å². The fourth-order valence-corrected chi connectivity index (χ4v) is 3.34. The predicted molar refractivity (Wildman–Crippen MR) is 126 cm³/mol. The Morgan fingerprint density at radius 1 is 0.939 bits per heavy atom. The minimum absolute atomic E-state index is 0.0457. The van der Waals surface area contributed by atoms with Crippen LogP contribution in [-0.2, 0) is 0 Å². The molecule has 0 saturated heterocycles. The largest absolute Gasteiger partial charge is 0.505 e. The number of carbonyl (C=O) groups excluding carboxylic acids is 2. The lowest BCUT2D eigenvalue weighted by Gasteiger charge is -2.11. The van der Waals surface area contributed by atoms with E-state index in [-0.39, 0.29) is 28.3 Å². The van der Waals surface area contributed by atoms with E-state index in [1.54, 1.807) is 54.6 Å². The number of para-hydroxylation sites is 1. The van der Waals surface area contributed by atoms with Gasteiger partial charge < -0.3 is 20.9 Å². The van der Waals surface area contributed by atoms with Crippen molar-refractivity contribution in [2.24, 2.45) is 16.0 Å². The molecule has 0 aromatic heterocycles. The number of carbonyl (C=O) groups is 2. The van der Waals surface area contributed by atoms with Crippen molar-refractivity contribution in [3.8, 4) is 11.5 Å². The molecule has 4 aromatic carbocycles. The predicted octanol–water partition coefficient (Wildman–Crippen LogP) is 5.32. The van der Waals surface area contributed by atoms with Gasteiger partial charge in [-0.1, -0.05) is 42.5 Å². The number of hydrogen-bond donors (Lipinski definition) is 3. The number of nitrogens with two attached hydrogens (primary N) is 1. The maximum absolute atomic E-state index is 12.9. The maximum atomic E-state index is 12.9. The Labute approximate surface area is 189 Å². The first-order valence-corrected chi connectivity index (χ1v) is 9.98. The molecule has 0 bridgehead atoms. The Bertz CT molecular complexity index is 1380. The number of rotatable bonds is 6. The molecule has 8 nitrogen and oxygen atoms in total. The first kappa shape index (κ1) is 21.5. The third-order valence-corrected chi connectivity index (χ3v) is 4.99. The van der Waals surface area contributed by atoms with E-state index in [0.717, 1.165) is 0 Å². The van der Waals surface area contributed by atoms with E-state index in [2.05, 4.69) is 15.5 Å². The first-order valence-electron chi connectivity index (χ1n) is 9.98. The third-order valence-electron chi connectivity index (χ3n) is 4.99. The molecule has 0 atom stereocenters. The van der Waals surface area contributed by atoms with Crippen molar-refractivity contribution in [3.05, 3.63) is 90.0 Å². The van der Waals surface area contributed by atoms with Crippen LogP contribution in [-0.4, -0.2) is 24.0 Å². The highest BCUT2D eigenvalue weighted by Gasteiger charge is 2.19. The van der Waals surface area contributed by atoms with Crippen LogP contribution in [0.5, 0.6) is 11.5 Å².